The van der Waals surface area contributed by atoms with Crippen molar-refractivity contribution in [3.05, 3.63) is 65.0 Å². The van der Waals surface area contributed by atoms with Gasteiger partial charge < -0.3 is 15.8 Å². The maximum atomic E-state index is 12.4. The highest BCUT2D eigenvalue weighted by atomic mass is 19.3. The van der Waals surface area contributed by atoms with Gasteiger partial charge in [0.25, 0.3) is 0 Å². The molecule has 4 rings (SSSR count). The van der Waals surface area contributed by atoms with Gasteiger partial charge in [-0.3, -0.25) is 10.3 Å². The Labute approximate surface area is 172 Å². The minimum absolute atomic E-state index is 0.0307. The molecule has 0 saturated carbocycles. The third kappa shape index (κ3) is 3.48. The maximum Gasteiger partial charge on any atom is 0.387 e. The zero-order valence-corrected chi connectivity index (χ0v) is 16.8. The Morgan fingerprint density at radius 3 is 2.43 bits per heavy atom. The second-order valence-corrected chi connectivity index (χ2v) is 7.28. The largest absolute Gasteiger partial charge is 0.435 e. The number of fused-ring (bicyclic) bond motifs is 1. The number of halogens is 2. The first-order valence-electron chi connectivity index (χ1n) is 9.32. The second-order valence-electron chi connectivity index (χ2n) is 7.28. The van der Waals surface area contributed by atoms with Gasteiger partial charge in [0.15, 0.2) is 0 Å². The van der Waals surface area contributed by atoms with E-state index in [-0.39, 0.29) is 11.6 Å². The van der Waals surface area contributed by atoms with Crippen LogP contribution in [0.15, 0.2) is 47.5 Å². The lowest BCUT2D eigenvalue weighted by atomic mass is 10.1. The lowest BCUT2D eigenvalue weighted by molar-refractivity contribution is -0.0498. The summed E-state index contributed by atoms with van der Waals surface area (Å²) in [5, 5.41) is 3.21. The summed E-state index contributed by atoms with van der Waals surface area (Å²) < 4.78 is 31.2. The van der Waals surface area contributed by atoms with Gasteiger partial charge >= 0.3 is 6.61 Å². The number of aryl methyl sites for hydroxylation is 3. The molecule has 0 bridgehead atoms. The number of hydrogen-bond donors (Lipinski definition) is 3. The van der Waals surface area contributed by atoms with Gasteiger partial charge in [-0.25, -0.2) is 9.98 Å². The smallest absolute Gasteiger partial charge is 0.387 e. The number of aliphatic imine (C=N–C) groups is 1. The predicted molar refractivity (Wildman–Crippen MR) is 112 cm³/mol. The molecular weight excluding hydrogens is 390 g/mol. The number of alkyl halides is 2. The molecule has 156 valence electrons. The molecule has 30 heavy (non-hydrogen) atoms. The van der Waals surface area contributed by atoms with E-state index in [0.717, 1.165) is 28.0 Å². The van der Waals surface area contributed by atoms with Crippen LogP contribution in [0.1, 0.15) is 22.5 Å². The summed E-state index contributed by atoms with van der Waals surface area (Å²) >= 11 is 0. The summed E-state index contributed by atoms with van der Waals surface area (Å²) in [6.07, 6.45) is 1.68. The van der Waals surface area contributed by atoms with Crippen molar-refractivity contribution >= 4 is 22.7 Å². The third-order valence-electron chi connectivity index (χ3n) is 5.11. The number of amidine groups is 1. The minimum Gasteiger partial charge on any atom is -0.435 e. The van der Waals surface area contributed by atoms with E-state index in [4.69, 9.17) is 11.5 Å². The first-order valence-corrected chi connectivity index (χ1v) is 9.32. The van der Waals surface area contributed by atoms with Gasteiger partial charge in [-0.2, -0.15) is 8.78 Å². The maximum absolute atomic E-state index is 12.4. The van der Waals surface area contributed by atoms with E-state index >= 15 is 0 Å². The van der Waals surface area contributed by atoms with Gasteiger partial charge in [0.1, 0.15) is 23.2 Å². The third-order valence-corrected chi connectivity index (χ3v) is 5.11. The van der Waals surface area contributed by atoms with Crippen molar-refractivity contribution < 1.29 is 13.5 Å². The molecule has 0 aliphatic carbocycles. The number of hydrogen-bond acceptors (Lipinski definition) is 6. The Morgan fingerprint density at radius 1 is 1.10 bits per heavy atom. The second kappa shape index (κ2) is 7.10. The van der Waals surface area contributed by atoms with Gasteiger partial charge in [-0.05, 0) is 68.3 Å². The number of imidazole rings is 1. The van der Waals surface area contributed by atoms with E-state index in [9.17, 15) is 8.78 Å². The topological polar surface area (TPSA) is 103 Å². The van der Waals surface area contributed by atoms with Gasteiger partial charge in [0.05, 0.1) is 11.0 Å². The fourth-order valence-corrected chi connectivity index (χ4v) is 3.54. The van der Waals surface area contributed by atoms with E-state index in [1.54, 1.807) is 18.2 Å². The molecule has 2 aromatic carbocycles. The number of nitrogens with zero attached hydrogens (tertiary/aromatic N) is 3. The van der Waals surface area contributed by atoms with Crippen LogP contribution in [0.3, 0.4) is 0 Å². The summed E-state index contributed by atoms with van der Waals surface area (Å²) in [5.74, 6) is 0.236. The van der Waals surface area contributed by atoms with Crippen molar-refractivity contribution in [1.29, 1.82) is 0 Å². The lowest BCUT2D eigenvalue weighted by Crippen LogP contribution is -2.52. The molecule has 2 heterocycles. The SMILES string of the molecule is Cc1cc2nc(C)n(C3=CC(N)=NC(N)(c4ccc(OC(F)F)cc4)N3)c2cc1C. The molecule has 5 N–H and O–H groups in total. The van der Waals surface area contributed by atoms with Gasteiger partial charge in [-0.15, -0.1) is 0 Å². The number of nitrogens with one attached hydrogen (secondary N) is 1. The van der Waals surface area contributed by atoms with E-state index < -0.39 is 12.4 Å². The molecule has 1 aliphatic rings. The monoisotopic (exact) mass is 412 g/mol. The van der Waals surface area contributed by atoms with E-state index in [1.165, 1.54) is 12.1 Å². The zero-order chi connectivity index (χ0) is 21.6. The van der Waals surface area contributed by atoms with Crippen LogP contribution in [0.5, 0.6) is 5.75 Å². The Balaban J connectivity index is 1.74. The lowest BCUT2D eigenvalue weighted by Gasteiger charge is -2.33. The van der Waals surface area contributed by atoms with Crippen LogP contribution in [-0.4, -0.2) is 22.0 Å². The van der Waals surface area contributed by atoms with Crippen LogP contribution in [0, 0.1) is 20.8 Å². The van der Waals surface area contributed by atoms with Crippen molar-refractivity contribution in [2.75, 3.05) is 0 Å². The summed E-state index contributed by atoms with van der Waals surface area (Å²) in [7, 11) is 0. The summed E-state index contributed by atoms with van der Waals surface area (Å²) in [6, 6.07) is 10.0. The molecule has 1 atom stereocenters. The Morgan fingerprint density at radius 2 is 1.77 bits per heavy atom. The molecule has 0 saturated heterocycles. The number of rotatable bonds is 4. The Kier molecular flexibility index (Phi) is 4.70. The average Bonchev–Trinajstić information content (AvgIpc) is 2.96. The quantitative estimate of drug-likeness (QED) is 0.611. The van der Waals surface area contributed by atoms with Gasteiger partial charge in [0.2, 0.25) is 5.79 Å². The van der Waals surface area contributed by atoms with Gasteiger partial charge in [0, 0.05) is 11.6 Å². The molecule has 1 aromatic heterocycles. The molecule has 1 unspecified atom stereocenters. The molecule has 7 nitrogen and oxygen atoms in total. The number of nitrogens with two attached hydrogens (primary N) is 2. The fraction of sp³-hybridized carbons (Fsp3) is 0.238. The van der Waals surface area contributed by atoms with Crippen LogP contribution in [-0.2, 0) is 5.79 Å². The standard InChI is InChI=1S/C21H22F2N6O/c1-11-8-16-17(9-12(11)2)29(13(3)26-16)19-10-18(24)27-21(25,28-19)14-4-6-15(7-5-14)30-20(22)23/h4-10,20,28H,25H2,1-3H3,(H2,24,27). The fourth-order valence-electron chi connectivity index (χ4n) is 3.54. The van der Waals surface area contributed by atoms with Crippen LogP contribution in [0.4, 0.5) is 8.78 Å². The molecule has 3 aromatic rings. The molecule has 9 heteroatoms. The Hall–Kier alpha value is -3.46. The van der Waals surface area contributed by atoms with Crippen LogP contribution >= 0.6 is 0 Å². The molecule has 1 aliphatic heterocycles. The van der Waals surface area contributed by atoms with E-state index in [0.29, 0.717) is 11.4 Å². The number of benzene rings is 2. The molecule has 0 radical (unpaired) electrons. The number of aromatic nitrogens is 2. The molecule has 0 amide bonds. The van der Waals surface area contributed by atoms with Crippen LogP contribution in [0.25, 0.3) is 16.9 Å². The van der Waals surface area contributed by atoms with Crippen molar-refractivity contribution in [3.63, 3.8) is 0 Å². The number of ether oxygens (including phenoxy) is 1. The summed E-state index contributed by atoms with van der Waals surface area (Å²) in [5.41, 5.74) is 17.2. The first kappa shape index (κ1) is 19.8. The normalized spacial score (nSPS) is 18.9. The molecular formula is C21H22F2N6O. The zero-order valence-electron chi connectivity index (χ0n) is 16.8. The minimum atomic E-state index is -2.90. The average molecular weight is 412 g/mol. The highest BCUT2D eigenvalue weighted by Crippen LogP contribution is 2.29. The van der Waals surface area contributed by atoms with Crippen molar-refractivity contribution in [2.45, 2.75) is 33.2 Å². The van der Waals surface area contributed by atoms with Crippen molar-refractivity contribution in [1.82, 2.24) is 14.9 Å². The first-order chi connectivity index (χ1) is 14.2. The van der Waals surface area contributed by atoms with Crippen LogP contribution < -0.4 is 21.5 Å². The highest BCUT2D eigenvalue weighted by Gasteiger charge is 2.32. The highest BCUT2D eigenvalue weighted by molar-refractivity contribution is 5.98. The summed E-state index contributed by atoms with van der Waals surface area (Å²) in [4.78, 5) is 8.99. The van der Waals surface area contributed by atoms with E-state index in [1.807, 2.05) is 31.4 Å². The molecule has 0 spiro atoms. The van der Waals surface area contributed by atoms with Crippen molar-refractivity contribution in [3.8, 4) is 5.75 Å². The van der Waals surface area contributed by atoms with Crippen LogP contribution in [0.2, 0.25) is 0 Å². The van der Waals surface area contributed by atoms with Crippen molar-refractivity contribution in [2.24, 2.45) is 16.5 Å². The summed E-state index contributed by atoms with van der Waals surface area (Å²) in [6.45, 7) is 3.07. The van der Waals surface area contributed by atoms with Gasteiger partial charge in [-0.1, -0.05) is 0 Å². The predicted octanol–water partition coefficient (Wildman–Crippen LogP) is 3.09. The Bertz CT molecular complexity index is 1180. The van der Waals surface area contributed by atoms with E-state index in [2.05, 4.69) is 26.1 Å². The molecule has 0 fully saturated rings.